The van der Waals surface area contributed by atoms with Crippen molar-refractivity contribution in [1.82, 2.24) is 9.78 Å². The van der Waals surface area contributed by atoms with Gasteiger partial charge in [-0.3, -0.25) is 9.59 Å². The molecule has 8 heteroatoms. The van der Waals surface area contributed by atoms with Gasteiger partial charge < -0.3 is 0 Å². The van der Waals surface area contributed by atoms with Crippen molar-refractivity contribution in [2.75, 3.05) is 0 Å². The fourth-order valence-electron chi connectivity index (χ4n) is 2.56. The lowest BCUT2D eigenvalue weighted by Crippen LogP contribution is -2.30. The molecule has 0 fully saturated rings. The molecule has 0 bridgehead atoms. The molecular formula is C19H15F3N2O2S. The Kier molecular flexibility index (Phi) is 5.27. The molecule has 0 aliphatic carbocycles. The van der Waals surface area contributed by atoms with Crippen LogP contribution < -0.4 is 5.56 Å². The van der Waals surface area contributed by atoms with E-state index in [-0.39, 0.29) is 12.2 Å². The van der Waals surface area contributed by atoms with E-state index >= 15 is 0 Å². The summed E-state index contributed by atoms with van der Waals surface area (Å²) in [6, 6.07) is 8.38. The monoisotopic (exact) mass is 392 g/mol. The van der Waals surface area contributed by atoms with E-state index in [2.05, 4.69) is 5.10 Å². The topological polar surface area (TPSA) is 52.0 Å². The molecule has 0 saturated heterocycles. The van der Waals surface area contributed by atoms with Crippen molar-refractivity contribution in [3.8, 4) is 11.3 Å². The van der Waals surface area contributed by atoms with Crippen LogP contribution in [0.1, 0.15) is 24.1 Å². The highest BCUT2D eigenvalue weighted by molar-refractivity contribution is 7.08. The minimum atomic E-state index is -4.42. The van der Waals surface area contributed by atoms with Gasteiger partial charge in [-0.1, -0.05) is 12.1 Å². The third-order valence-electron chi connectivity index (χ3n) is 4.13. The normalized spacial score (nSPS) is 12.7. The van der Waals surface area contributed by atoms with E-state index in [0.717, 1.165) is 22.4 Å². The van der Waals surface area contributed by atoms with Crippen LogP contribution in [0.2, 0.25) is 0 Å². The number of aromatic nitrogens is 2. The van der Waals surface area contributed by atoms with E-state index in [4.69, 9.17) is 0 Å². The molecule has 1 aromatic carbocycles. The van der Waals surface area contributed by atoms with Crippen molar-refractivity contribution >= 4 is 17.1 Å². The Morgan fingerprint density at radius 1 is 1.15 bits per heavy atom. The number of rotatable bonds is 5. The molecule has 0 amide bonds. The Bertz CT molecular complexity index is 993. The predicted octanol–water partition coefficient (Wildman–Crippen LogP) is 4.36. The first kappa shape index (κ1) is 19.0. The lowest BCUT2D eigenvalue weighted by atomic mass is 10.0. The number of alkyl halides is 3. The smallest absolute Gasteiger partial charge is 0.297 e. The summed E-state index contributed by atoms with van der Waals surface area (Å²) in [6.45, 7) is 1.55. The van der Waals surface area contributed by atoms with E-state index in [1.807, 2.05) is 16.8 Å². The summed E-state index contributed by atoms with van der Waals surface area (Å²) >= 11 is 1.49. The van der Waals surface area contributed by atoms with Crippen LogP contribution >= 0.6 is 11.3 Å². The van der Waals surface area contributed by atoms with Crippen molar-refractivity contribution < 1.29 is 18.0 Å². The van der Waals surface area contributed by atoms with Crippen LogP contribution in [0.15, 0.2) is 58.0 Å². The Balaban J connectivity index is 1.79. The van der Waals surface area contributed by atoms with Crippen LogP contribution in [0, 0.1) is 0 Å². The zero-order valence-electron chi connectivity index (χ0n) is 14.2. The number of Topliss-reactive ketones (excluding diaryl/α,β-unsaturated/α-hetero) is 1. The highest BCUT2D eigenvalue weighted by atomic mass is 32.1. The van der Waals surface area contributed by atoms with Gasteiger partial charge in [0.15, 0.2) is 5.78 Å². The standard InChI is InChI=1S/C19H15F3N2O2S/c1-12(17(25)10-13-2-4-15(5-3-13)19(20,21)22)24-18(26)7-6-16(23-24)14-8-9-27-11-14/h2-9,11-12H,10H2,1H3. The van der Waals surface area contributed by atoms with Gasteiger partial charge in [0.2, 0.25) is 0 Å². The van der Waals surface area contributed by atoms with Gasteiger partial charge in [-0.2, -0.15) is 29.6 Å². The van der Waals surface area contributed by atoms with E-state index in [1.165, 1.54) is 29.5 Å². The molecule has 0 aliphatic heterocycles. The zero-order chi connectivity index (χ0) is 19.6. The molecule has 0 aliphatic rings. The molecule has 4 nitrogen and oxygen atoms in total. The van der Waals surface area contributed by atoms with Gasteiger partial charge >= 0.3 is 6.18 Å². The number of carbonyl (C=O) groups is 1. The first-order valence-electron chi connectivity index (χ1n) is 8.07. The molecule has 2 heterocycles. The minimum absolute atomic E-state index is 0.0872. The Morgan fingerprint density at radius 3 is 2.44 bits per heavy atom. The van der Waals surface area contributed by atoms with Crippen molar-refractivity contribution in [3.63, 3.8) is 0 Å². The van der Waals surface area contributed by atoms with Crippen molar-refractivity contribution in [1.29, 1.82) is 0 Å². The first-order chi connectivity index (χ1) is 12.8. The third kappa shape index (κ3) is 4.33. The lowest BCUT2D eigenvalue weighted by Gasteiger charge is -2.14. The highest BCUT2D eigenvalue weighted by Crippen LogP contribution is 2.29. The van der Waals surface area contributed by atoms with Crippen LogP contribution in [0.5, 0.6) is 0 Å². The molecule has 27 heavy (non-hydrogen) atoms. The predicted molar refractivity (Wildman–Crippen MR) is 96.7 cm³/mol. The maximum Gasteiger partial charge on any atom is 0.416 e. The lowest BCUT2D eigenvalue weighted by molar-refractivity contribution is -0.137. The number of hydrogen-bond acceptors (Lipinski definition) is 4. The maximum absolute atomic E-state index is 12.6. The molecule has 0 saturated carbocycles. The second kappa shape index (κ2) is 7.48. The Morgan fingerprint density at radius 2 is 1.85 bits per heavy atom. The molecule has 3 rings (SSSR count). The largest absolute Gasteiger partial charge is 0.416 e. The van der Waals surface area contributed by atoms with Gasteiger partial charge in [-0.15, -0.1) is 0 Å². The summed E-state index contributed by atoms with van der Waals surface area (Å²) in [7, 11) is 0. The quantitative estimate of drug-likeness (QED) is 0.648. The number of ketones is 1. The fourth-order valence-corrected chi connectivity index (χ4v) is 3.21. The van der Waals surface area contributed by atoms with Gasteiger partial charge in [-0.05, 0) is 42.1 Å². The van der Waals surface area contributed by atoms with Crippen LogP contribution in [-0.2, 0) is 17.4 Å². The third-order valence-corrected chi connectivity index (χ3v) is 4.82. The van der Waals surface area contributed by atoms with Gasteiger partial charge in [-0.25, -0.2) is 4.68 Å². The van der Waals surface area contributed by atoms with E-state index in [9.17, 15) is 22.8 Å². The summed E-state index contributed by atoms with van der Waals surface area (Å²) in [5.74, 6) is -0.313. The second-order valence-corrected chi connectivity index (χ2v) is 6.81. The average molecular weight is 392 g/mol. The van der Waals surface area contributed by atoms with E-state index in [0.29, 0.717) is 11.3 Å². The summed E-state index contributed by atoms with van der Waals surface area (Å²) in [5.41, 5.74) is 0.679. The molecule has 0 radical (unpaired) electrons. The van der Waals surface area contributed by atoms with E-state index in [1.54, 1.807) is 13.0 Å². The summed E-state index contributed by atoms with van der Waals surface area (Å²) in [6.07, 6.45) is -4.51. The van der Waals surface area contributed by atoms with Gasteiger partial charge in [0.05, 0.1) is 11.3 Å². The maximum atomic E-state index is 12.6. The van der Waals surface area contributed by atoms with Crippen LogP contribution in [-0.4, -0.2) is 15.6 Å². The van der Waals surface area contributed by atoms with Crippen LogP contribution in [0.3, 0.4) is 0 Å². The summed E-state index contributed by atoms with van der Waals surface area (Å²) in [5, 5.41) is 8.03. The highest BCUT2D eigenvalue weighted by Gasteiger charge is 2.30. The van der Waals surface area contributed by atoms with Gasteiger partial charge in [0, 0.05) is 23.4 Å². The summed E-state index contributed by atoms with van der Waals surface area (Å²) < 4.78 is 39.0. The first-order valence-corrected chi connectivity index (χ1v) is 9.01. The minimum Gasteiger partial charge on any atom is -0.297 e. The Labute approximate surface area is 156 Å². The van der Waals surface area contributed by atoms with Gasteiger partial charge in [0.1, 0.15) is 6.04 Å². The van der Waals surface area contributed by atoms with Crippen LogP contribution in [0.4, 0.5) is 13.2 Å². The van der Waals surface area contributed by atoms with Crippen molar-refractivity contribution in [2.24, 2.45) is 0 Å². The molecule has 0 spiro atoms. The fraction of sp³-hybridized carbons (Fsp3) is 0.211. The molecular weight excluding hydrogens is 377 g/mol. The van der Waals surface area contributed by atoms with E-state index < -0.39 is 23.3 Å². The number of halogens is 3. The van der Waals surface area contributed by atoms with Crippen molar-refractivity contribution in [3.05, 3.63) is 74.7 Å². The second-order valence-electron chi connectivity index (χ2n) is 6.03. The molecule has 3 aromatic rings. The van der Waals surface area contributed by atoms with Gasteiger partial charge in [0.25, 0.3) is 5.56 Å². The van der Waals surface area contributed by atoms with Crippen molar-refractivity contribution in [2.45, 2.75) is 25.6 Å². The number of carbonyl (C=O) groups excluding carboxylic acids is 1. The van der Waals surface area contributed by atoms with Crippen LogP contribution in [0.25, 0.3) is 11.3 Å². The SMILES string of the molecule is CC(C(=O)Cc1ccc(C(F)(F)F)cc1)n1nc(-c2ccsc2)ccc1=O. The zero-order valence-corrected chi connectivity index (χ0v) is 15.1. The average Bonchev–Trinajstić information content (AvgIpc) is 3.16. The molecule has 1 atom stereocenters. The molecule has 140 valence electrons. The number of nitrogens with zero attached hydrogens (tertiary/aromatic N) is 2. The number of thiophene rings is 1. The number of benzene rings is 1. The molecule has 1 unspecified atom stereocenters. The molecule has 0 N–H and O–H groups in total. The molecule has 2 aromatic heterocycles. The number of hydrogen-bond donors (Lipinski definition) is 0. The Hall–Kier alpha value is -2.74. The summed E-state index contributed by atoms with van der Waals surface area (Å²) in [4.78, 5) is 24.6.